The molecule has 3 aromatic rings. The Labute approximate surface area is 175 Å². The van der Waals surface area contributed by atoms with Crippen LogP contribution in [0, 0.1) is 22.5 Å². The van der Waals surface area contributed by atoms with E-state index in [-0.39, 0.29) is 17.8 Å². The Morgan fingerprint density at radius 3 is 2.40 bits per heavy atom. The summed E-state index contributed by atoms with van der Waals surface area (Å²) >= 11 is 1.13. The van der Waals surface area contributed by atoms with Gasteiger partial charge < -0.3 is 18.8 Å². The lowest BCUT2D eigenvalue weighted by atomic mass is 10.1. The summed E-state index contributed by atoms with van der Waals surface area (Å²) in [6.07, 6.45) is 5.46. The molecule has 0 radical (unpaired) electrons. The summed E-state index contributed by atoms with van der Waals surface area (Å²) in [6.45, 7) is 0.152. The van der Waals surface area contributed by atoms with Crippen LogP contribution in [-0.4, -0.2) is 36.7 Å². The molecule has 1 aromatic heterocycles. The van der Waals surface area contributed by atoms with Crippen molar-refractivity contribution in [2.75, 3.05) is 21.3 Å². The number of nitro groups is 1. The first kappa shape index (κ1) is 20.9. The first-order valence-electron chi connectivity index (χ1n) is 8.53. The highest BCUT2D eigenvalue weighted by Gasteiger charge is 2.18. The van der Waals surface area contributed by atoms with Gasteiger partial charge in [-0.25, -0.2) is 0 Å². The zero-order valence-electron chi connectivity index (χ0n) is 16.4. The summed E-state index contributed by atoms with van der Waals surface area (Å²) in [4.78, 5) is 28.0. The number of amides is 1. The van der Waals surface area contributed by atoms with E-state index < -0.39 is 10.8 Å². The van der Waals surface area contributed by atoms with Gasteiger partial charge in [-0.05, 0) is 18.2 Å². The van der Waals surface area contributed by atoms with Crippen molar-refractivity contribution in [3.8, 4) is 29.6 Å². The summed E-state index contributed by atoms with van der Waals surface area (Å²) in [7, 11) is 4.36. The highest BCUT2D eigenvalue weighted by molar-refractivity contribution is 7.16. The summed E-state index contributed by atoms with van der Waals surface area (Å²) in [5.74, 6) is 2.95. The molecule has 0 saturated carbocycles. The van der Waals surface area contributed by atoms with Crippen LogP contribution in [0.2, 0.25) is 0 Å². The number of aromatic nitrogens is 1. The van der Waals surface area contributed by atoms with Gasteiger partial charge >= 0.3 is 0 Å². The van der Waals surface area contributed by atoms with Crippen molar-refractivity contribution in [3.05, 3.63) is 50.8 Å². The lowest BCUT2D eigenvalue weighted by Crippen LogP contribution is -2.16. The second-order valence-electron chi connectivity index (χ2n) is 5.92. The number of thiazole rings is 1. The lowest BCUT2D eigenvalue weighted by molar-refractivity contribution is -0.384. The number of hydrogen-bond acceptors (Lipinski definition) is 7. The molecule has 0 spiro atoms. The van der Waals surface area contributed by atoms with Gasteiger partial charge in [-0.15, -0.1) is 6.42 Å². The van der Waals surface area contributed by atoms with E-state index in [2.05, 4.69) is 10.9 Å². The fourth-order valence-electron chi connectivity index (χ4n) is 2.86. The van der Waals surface area contributed by atoms with Gasteiger partial charge in [-0.2, -0.15) is 4.99 Å². The predicted octanol–water partition coefficient (Wildman–Crippen LogP) is 3.01. The zero-order valence-corrected chi connectivity index (χ0v) is 17.2. The van der Waals surface area contributed by atoms with Crippen molar-refractivity contribution in [1.82, 2.24) is 4.57 Å². The largest absolute Gasteiger partial charge is 0.493 e. The second-order valence-corrected chi connectivity index (χ2v) is 6.92. The van der Waals surface area contributed by atoms with Crippen LogP contribution >= 0.6 is 11.3 Å². The van der Waals surface area contributed by atoms with E-state index in [9.17, 15) is 14.9 Å². The molecule has 30 heavy (non-hydrogen) atoms. The number of carbonyl (C=O) groups excluding carboxylic acids is 1. The van der Waals surface area contributed by atoms with Gasteiger partial charge in [0.15, 0.2) is 16.3 Å². The number of benzene rings is 2. The molecule has 154 valence electrons. The minimum atomic E-state index is -0.555. The van der Waals surface area contributed by atoms with Crippen molar-refractivity contribution in [2.45, 2.75) is 6.54 Å². The predicted molar refractivity (Wildman–Crippen MR) is 111 cm³/mol. The van der Waals surface area contributed by atoms with E-state index in [4.69, 9.17) is 20.6 Å². The summed E-state index contributed by atoms with van der Waals surface area (Å²) in [6, 6.07) is 7.39. The molecule has 3 rings (SSSR count). The molecule has 0 aliphatic carbocycles. The smallest absolute Gasteiger partial charge is 0.279 e. The average molecular weight is 427 g/mol. The Bertz CT molecular complexity index is 1230. The maximum Gasteiger partial charge on any atom is 0.279 e. The molecule has 0 atom stereocenters. The Kier molecular flexibility index (Phi) is 6.03. The third-order valence-corrected chi connectivity index (χ3v) is 5.28. The minimum absolute atomic E-state index is 0.0564. The topological polar surface area (TPSA) is 105 Å². The van der Waals surface area contributed by atoms with Gasteiger partial charge in [-0.3, -0.25) is 14.9 Å². The Balaban J connectivity index is 2.16. The number of terminal acetylenes is 1. The van der Waals surface area contributed by atoms with E-state index in [1.807, 2.05) is 0 Å². The molecule has 0 N–H and O–H groups in total. The van der Waals surface area contributed by atoms with Gasteiger partial charge in [-0.1, -0.05) is 17.3 Å². The number of fused-ring (bicyclic) bond motifs is 1. The highest BCUT2D eigenvalue weighted by atomic mass is 32.1. The van der Waals surface area contributed by atoms with Crippen LogP contribution in [0.5, 0.6) is 17.2 Å². The number of rotatable bonds is 6. The monoisotopic (exact) mass is 427 g/mol. The Hall–Kier alpha value is -3.84. The Morgan fingerprint density at radius 1 is 1.20 bits per heavy atom. The van der Waals surface area contributed by atoms with Crippen LogP contribution in [0.1, 0.15) is 10.4 Å². The molecule has 0 fully saturated rings. The maximum atomic E-state index is 12.9. The normalized spacial score (nSPS) is 11.2. The molecular formula is C20H17N3O6S. The fraction of sp³-hybridized carbons (Fsp3) is 0.200. The van der Waals surface area contributed by atoms with E-state index in [1.54, 1.807) is 10.6 Å². The van der Waals surface area contributed by atoms with Gasteiger partial charge in [0.25, 0.3) is 11.6 Å². The zero-order chi connectivity index (χ0) is 21.8. The minimum Gasteiger partial charge on any atom is -0.493 e. The number of nitro benzene ring substituents is 1. The van der Waals surface area contributed by atoms with E-state index in [1.165, 1.54) is 45.6 Å². The number of nitrogens with zero attached hydrogens (tertiary/aromatic N) is 3. The molecule has 10 heteroatoms. The molecule has 0 bridgehead atoms. The highest BCUT2D eigenvalue weighted by Crippen LogP contribution is 2.38. The molecular weight excluding hydrogens is 410 g/mol. The molecule has 0 aliphatic rings. The molecule has 0 saturated heterocycles. The fourth-order valence-corrected chi connectivity index (χ4v) is 3.92. The van der Waals surface area contributed by atoms with Gasteiger partial charge in [0, 0.05) is 17.7 Å². The molecule has 0 aliphatic heterocycles. The lowest BCUT2D eigenvalue weighted by Gasteiger charge is -2.12. The number of methoxy groups -OCH3 is 3. The van der Waals surface area contributed by atoms with Crippen LogP contribution in [0.3, 0.4) is 0 Å². The molecule has 2 aromatic carbocycles. The van der Waals surface area contributed by atoms with Crippen LogP contribution in [0.25, 0.3) is 10.2 Å². The van der Waals surface area contributed by atoms with Gasteiger partial charge in [0.1, 0.15) is 0 Å². The van der Waals surface area contributed by atoms with E-state index in [0.717, 1.165) is 11.3 Å². The SMILES string of the molecule is C#CCn1c(=NC(=O)c2cc(OC)c(OC)c(OC)c2)sc2cc([N+](=O)[O-])ccc21. The third kappa shape index (κ3) is 3.83. The first-order valence-corrected chi connectivity index (χ1v) is 9.35. The third-order valence-electron chi connectivity index (χ3n) is 4.24. The number of carbonyl (C=O) groups is 1. The van der Waals surface area contributed by atoms with Crippen molar-refractivity contribution in [1.29, 1.82) is 0 Å². The molecule has 1 heterocycles. The first-order chi connectivity index (χ1) is 14.4. The van der Waals surface area contributed by atoms with Crippen molar-refractivity contribution in [2.24, 2.45) is 4.99 Å². The van der Waals surface area contributed by atoms with Crippen LogP contribution in [0.15, 0.2) is 35.3 Å². The number of ether oxygens (including phenoxy) is 3. The maximum absolute atomic E-state index is 12.9. The van der Waals surface area contributed by atoms with E-state index >= 15 is 0 Å². The standard InChI is InChI=1S/C20H17N3O6S/c1-5-8-22-14-7-6-13(23(25)26)11-17(14)30-20(22)21-19(24)12-9-15(27-2)18(29-4)16(10-12)28-3/h1,6-7,9-11H,8H2,2-4H3. The molecule has 0 unspecified atom stereocenters. The summed E-state index contributed by atoms with van der Waals surface area (Å²) < 4.78 is 18.1. The summed E-state index contributed by atoms with van der Waals surface area (Å²) in [5.41, 5.74) is 0.819. The van der Waals surface area contributed by atoms with Crippen LogP contribution in [-0.2, 0) is 6.54 Å². The van der Waals surface area contributed by atoms with Crippen molar-refractivity contribution in [3.63, 3.8) is 0 Å². The quantitative estimate of drug-likeness (QED) is 0.340. The molecule has 9 nitrogen and oxygen atoms in total. The van der Waals surface area contributed by atoms with Gasteiger partial charge in [0.05, 0.1) is 43.0 Å². The second kappa shape index (κ2) is 8.67. The Morgan fingerprint density at radius 2 is 1.87 bits per heavy atom. The van der Waals surface area contributed by atoms with Crippen LogP contribution < -0.4 is 19.0 Å². The number of hydrogen-bond donors (Lipinski definition) is 0. The molecule has 1 amide bonds. The number of non-ortho nitro benzene ring substituents is 1. The summed E-state index contributed by atoms with van der Waals surface area (Å²) in [5, 5.41) is 11.1. The average Bonchev–Trinajstić information content (AvgIpc) is 3.08. The van der Waals surface area contributed by atoms with Crippen molar-refractivity contribution < 1.29 is 23.9 Å². The van der Waals surface area contributed by atoms with Gasteiger partial charge in [0.2, 0.25) is 5.75 Å². The van der Waals surface area contributed by atoms with Crippen molar-refractivity contribution >= 4 is 33.1 Å². The van der Waals surface area contributed by atoms with Crippen LogP contribution in [0.4, 0.5) is 5.69 Å². The van der Waals surface area contributed by atoms with E-state index in [0.29, 0.717) is 32.3 Å².